The molecule has 0 aliphatic carbocycles. The van der Waals surface area contributed by atoms with E-state index in [1.54, 1.807) is 0 Å². The van der Waals surface area contributed by atoms with Crippen molar-refractivity contribution >= 4 is 16.1 Å². The van der Waals surface area contributed by atoms with Crippen molar-refractivity contribution < 1.29 is 35.3 Å². The van der Waals surface area contributed by atoms with Gasteiger partial charge in [-0.25, -0.2) is 9.48 Å². The summed E-state index contributed by atoms with van der Waals surface area (Å²) in [5.41, 5.74) is -7.98. The van der Waals surface area contributed by atoms with Crippen molar-refractivity contribution in [3.63, 3.8) is 0 Å². The number of carbonyl (C=O) groups excluding carboxylic acids is 1. The molecule has 0 aliphatic rings. The summed E-state index contributed by atoms with van der Waals surface area (Å²) in [4.78, 5) is 23.3. The van der Waals surface area contributed by atoms with E-state index in [2.05, 4.69) is 14.0 Å². The monoisotopic (exact) mass is 344 g/mol. The van der Waals surface area contributed by atoms with Crippen molar-refractivity contribution in [2.75, 3.05) is 6.61 Å². The van der Waals surface area contributed by atoms with Crippen LogP contribution in [0.4, 0.5) is 13.2 Å². The van der Waals surface area contributed by atoms with Crippen LogP contribution in [0.2, 0.25) is 0 Å². The van der Waals surface area contributed by atoms with E-state index in [0.29, 0.717) is 4.68 Å². The van der Waals surface area contributed by atoms with Crippen molar-refractivity contribution in [2.24, 2.45) is 7.05 Å². The van der Waals surface area contributed by atoms with Gasteiger partial charge in [0, 0.05) is 12.6 Å². The summed E-state index contributed by atoms with van der Waals surface area (Å²) in [5.74, 6) is -2.21. The van der Waals surface area contributed by atoms with E-state index >= 15 is 0 Å². The molecule has 22 heavy (non-hydrogen) atoms. The first-order chi connectivity index (χ1) is 9.92. The van der Waals surface area contributed by atoms with E-state index in [9.17, 15) is 31.2 Å². The first-order valence-corrected chi connectivity index (χ1v) is 7.09. The Labute approximate surface area is 122 Å². The fraction of sp³-hybridized carbons (Fsp3) is 0.500. The maximum atomic E-state index is 12.3. The molecule has 12 heteroatoms. The molecule has 1 rings (SSSR count). The van der Waals surface area contributed by atoms with Crippen LogP contribution in [0.5, 0.6) is 5.75 Å². The zero-order chi connectivity index (χ0) is 17.3. The molecule has 1 aromatic rings. The van der Waals surface area contributed by atoms with Gasteiger partial charge in [0.15, 0.2) is 5.69 Å². The third kappa shape index (κ3) is 3.37. The van der Waals surface area contributed by atoms with Gasteiger partial charge in [0.2, 0.25) is 5.75 Å². The van der Waals surface area contributed by atoms with Gasteiger partial charge >= 0.3 is 27.2 Å². The minimum absolute atomic E-state index is 0.0557. The molecule has 0 N–H and O–H groups in total. The topological polar surface area (TPSA) is 105 Å². The summed E-state index contributed by atoms with van der Waals surface area (Å²) in [5, 5.41) is 3.52. The Hall–Kier alpha value is -2.11. The Kier molecular flexibility index (Phi) is 4.85. The van der Waals surface area contributed by atoms with Crippen LogP contribution < -0.4 is 9.74 Å². The lowest BCUT2D eigenvalue weighted by atomic mass is 10.2. The highest BCUT2D eigenvalue weighted by molar-refractivity contribution is 7.88. The first kappa shape index (κ1) is 17.9. The molecule has 8 nitrogen and oxygen atoms in total. The number of esters is 1. The molecule has 0 radical (unpaired) electrons. The predicted molar refractivity (Wildman–Crippen MR) is 65.8 cm³/mol. The molecule has 0 atom stereocenters. The zero-order valence-electron chi connectivity index (χ0n) is 11.6. The summed E-state index contributed by atoms with van der Waals surface area (Å²) < 4.78 is 68.0. The Balaban J connectivity index is 3.50. The van der Waals surface area contributed by atoms with Crippen LogP contribution in [-0.4, -0.2) is 36.3 Å². The minimum Gasteiger partial charge on any atom is -0.461 e. The molecule has 1 heterocycles. The zero-order valence-corrected chi connectivity index (χ0v) is 12.4. The summed E-state index contributed by atoms with van der Waals surface area (Å²) in [6.07, 6.45) is 0. The molecule has 0 saturated heterocycles. The number of aryl methyl sites for hydroxylation is 1. The van der Waals surface area contributed by atoms with Crippen molar-refractivity contribution in [3.8, 4) is 5.75 Å². The second-order valence-corrected chi connectivity index (χ2v) is 5.47. The molecule has 0 aromatic carbocycles. The number of hydrogen-bond donors (Lipinski definition) is 0. The highest BCUT2D eigenvalue weighted by Gasteiger charge is 2.49. The summed E-state index contributed by atoms with van der Waals surface area (Å²) in [6.45, 7) is 2.43. The lowest BCUT2D eigenvalue weighted by Crippen LogP contribution is -2.33. The number of carbonyl (C=O) groups is 1. The van der Waals surface area contributed by atoms with Gasteiger partial charge in [-0.2, -0.15) is 26.7 Å². The van der Waals surface area contributed by atoms with Gasteiger partial charge in [-0.15, -0.1) is 0 Å². The maximum Gasteiger partial charge on any atom is 0.534 e. The second kappa shape index (κ2) is 5.94. The van der Waals surface area contributed by atoms with Gasteiger partial charge in [0.25, 0.3) is 0 Å². The average Bonchev–Trinajstić information content (AvgIpc) is 2.37. The Morgan fingerprint density at radius 1 is 1.36 bits per heavy atom. The molecule has 1 aromatic heterocycles. The smallest absolute Gasteiger partial charge is 0.461 e. The molecule has 0 fully saturated rings. The normalized spacial score (nSPS) is 12.1. The van der Waals surface area contributed by atoms with E-state index in [-0.39, 0.29) is 6.61 Å². The standard InChI is InChI=1S/C10H11F3N2O6S/c1-4-20-9(17)6-5(2)7(8(16)15(3)14-6)21-22(18,19)10(11,12)13/h4H2,1-3H3. The van der Waals surface area contributed by atoms with Crippen molar-refractivity contribution in [2.45, 2.75) is 19.4 Å². The van der Waals surface area contributed by atoms with Gasteiger partial charge in [-0.05, 0) is 13.8 Å². The van der Waals surface area contributed by atoms with Gasteiger partial charge in [0.1, 0.15) is 0 Å². The lowest BCUT2D eigenvalue weighted by Gasteiger charge is -2.13. The van der Waals surface area contributed by atoms with E-state index in [1.165, 1.54) is 6.92 Å². The van der Waals surface area contributed by atoms with Crippen LogP contribution in [0.25, 0.3) is 0 Å². The number of nitrogens with zero attached hydrogens (tertiary/aromatic N) is 2. The maximum absolute atomic E-state index is 12.3. The Bertz CT molecular complexity index is 753. The fourth-order valence-corrected chi connectivity index (χ4v) is 1.84. The highest BCUT2D eigenvalue weighted by Crippen LogP contribution is 2.27. The third-order valence-electron chi connectivity index (χ3n) is 2.38. The van der Waals surface area contributed by atoms with Crippen LogP contribution in [0.15, 0.2) is 4.79 Å². The second-order valence-electron chi connectivity index (χ2n) is 3.94. The average molecular weight is 344 g/mol. The molecule has 0 spiro atoms. The summed E-state index contributed by atoms with van der Waals surface area (Å²) in [6, 6.07) is 0. The van der Waals surface area contributed by atoms with Gasteiger partial charge in [-0.1, -0.05) is 0 Å². The Morgan fingerprint density at radius 3 is 2.36 bits per heavy atom. The van der Waals surface area contributed by atoms with E-state index in [0.717, 1.165) is 14.0 Å². The van der Waals surface area contributed by atoms with Gasteiger partial charge < -0.3 is 8.92 Å². The third-order valence-corrected chi connectivity index (χ3v) is 3.33. The fourth-order valence-electron chi connectivity index (χ4n) is 1.33. The van der Waals surface area contributed by atoms with Gasteiger partial charge in [0.05, 0.1) is 6.61 Å². The van der Waals surface area contributed by atoms with Crippen LogP contribution in [0, 0.1) is 6.92 Å². The number of ether oxygens (including phenoxy) is 1. The number of halogens is 3. The summed E-state index contributed by atoms with van der Waals surface area (Å²) >= 11 is 0. The number of alkyl halides is 3. The largest absolute Gasteiger partial charge is 0.534 e. The lowest BCUT2D eigenvalue weighted by molar-refractivity contribution is -0.0500. The van der Waals surface area contributed by atoms with Crippen LogP contribution in [-0.2, 0) is 21.9 Å². The number of hydrogen-bond acceptors (Lipinski definition) is 7. The number of rotatable bonds is 4. The molecule has 0 bridgehead atoms. The molecule has 0 unspecified atom stereocenters. The Morgan fingerprint density at radius 2 is 1.91 bits per heavy atom. The van der Waals surface area contributed by atoms with E-state index < -0.39 is 44.2 Å². The molecule has 0 amide bonds. The first-order valence-electron chi connectivity index (χ1n) is 5.68. The predicted octanol–water partition coefficient (Wildman–Crippen LogP) is 0.494. The van der Waals surface area contributed by atoms with Gasteiger partial charge in [-0.3, -0.25) is 4.79 Å². The van der Waals surface area contributed by atoms with Crippen LogP contribution in [0.1, 0.15) is 23.0 Å². The summed E-state index contributed by atoms with van der Waals surface area (Å²) in [7, 11) is -5.05. The molecule has 0 aliphatic heterocycles. The van der Waals surface area contributed by atoms with Crippen LogP contribution >= 0.6 is 0 Å². The minimum atomic E-state index is -6.06. The quantitative estimate of drug-likeness (QED) is 0.445. The molecule has 0 saturated carbocycles. The van der Waals surface area contributed by atoms with E-state index in [1.807, 2.05) is 0 Å². The van der Waals surface area contributed by atoms with Crippen molar-refractivity contribution in [1.82, 2.24) is 9.78 Å². The van der Waals surface area contributed by atoms with Crippen molar-refractivity contribution in [3.05, 3.63) is 21.6 Å². The SMILES string of the molecule is CCOC(=O)c1nn(C)c(=O)c(OS(=O)(=O)C(F)(F)F)c1C. The highest BCUT2D eigenvalue weighted by atomic mass is 32.2. The molecular formula is C10H11F3N2O6S. The number of aromatic nitrogens is 2. The molecular weight excluding hydrogens is 333 g/mol. The van der Waals surface area contributed by atoms with E-state index in [4.69, 9.17) is 0 Å². The van der Waals surface area contributed by atoms with Crippen molar-refractivity contribution in [1.29, 1.82) is 0 Å². The molecule has 124 valence electrons. The van der Waals surface area contributed by atoms with Crippen LogP contribution in [0.3, 0.4) is 0 Å².